The van der Waals surface area contributed by atoms with E-state index in [1.165, 1.54) is 27.7 Å². The Hall–Kier alpha value is -3.12. The Bertz CT molecular complexity index is 1310. The third-order valence-corrected chi connectivity index (χ3v) is 11.4. The van der Waals surface area contributed by atoms with Crippen molar-refractivity contribution in [3.63, 3.8) is 0 Å². The van der Waals surface area contributed by atoms with E-state index in [2.05, 4.69) is 31.5 Å². The van der Waals surface area contributed by atoms with Crippen molar-refractivity contribution < 1.29 is 29.4 Å². The van der Waals surface area contributed by atoms with Gasteiger partial charge in [-0.3, -0.25) is 19.3 Å². The highest BCUT2D eigenvalue weighted by Gasteiger charge is 2.60. The number of carboxylic acid groups (broad SMARTS) is 1. The maximum atomic E-state index is 13.3. The van der Waals surface area contributed by atoms with E-state index in [-0.39, 0.29) is 59.1 Å². The third-order valence-electron chi connectivity index (χ3n) is 9.88. The summed E-state index contributed by atoms with van der Waals surface area (Å²) in [6.45, 7) is 8.65. The largest absolute Gasteiger partial charge is 0.477 e. The number of nitrogens with one attached hydrogen (secondary N) is 3. The van der Waals surface area contributed by atoms with E-state index in [0.717, 1.165) is 39.0 Å². The molecule has 16 nitrogen and oxygen atoms in total. The van der Waals surface area contributed by atoms with Gasteiger partial charge in [0.1, 0.15) is 24.8 Å². The Kier molecular flexibility index (Phi) is 9.42. The monoisotopic (exact) mass is 646 g/mol. The number of aliphatic carboxylic acids is 1. The number of aromatic nitrogens is 4. The predicted molar refractivity (Wildman–Crippen MR) is 161 cm³/mol. The van der Waals surface area contributed by atoms with Gasteiger partial charge in [-0.05, 0) is 36.6 Å². The van der Waals surface area contributed by atoms with Crippen molar-refractivity contribution in [3.05, 3.63) is 16.9 Å². The highest BCUT2D eigenvalue weighted by molar-refractivity contribution is 8.03. The van der Waals surface area contributed by atoms with Gasteiger partial charge < -0.3 is 36.0 Å². The number of carboxylic acids is 1. The number of piperazine rings is 1. The Morgan fingerprint density at radius 2 is 1.91 bits per heavy atom. The summed E-state index contributed by atoms with van der Waals surface area (Å²) in [4.78, 5) is 57.1. The van der Waals surface area contributed by atoms with E-state index in [9.17, 15) is 29.4 Å². The van der Waals surface area contributed by atoms with Crippen LogP contribution >= 0.6 is 11.8 Å². The van der Waals surface area contributed by atoms with Crippen LogP contribution in [0.2, 0.25) is 0 Å². The van der Waals surface area contributed by atoms with Gasteiger partial charge in [-0.2, -0.15) is 0 Å². The smallest absolute Gasteiger partial charge is 0.353 e. The average Bonchev–Trinajstić information content (AvgIpc) is 3.77. The number of thioether (sulfide) groups is 1. The van der Waals surface area contributed by atoms with Crippen LogP contribution in [-0.4, -0.2) is 144 Å². The number of β-lactam (4-membered cyclic amide) rings is 1. The van der Waals surface area contributed by atoms with Gasteiger partial charge in [0.05, 0.1) is 12.0 Å². The first-order valence-electron chi connectivity index (χ1n) is 15.8. The molecular weight excluding hydrogens is 604 g/mol. The van der Waals surface area contributed by atoms with Crippen LogP contribution in [0.4, 0.5) is 0 Å². The second kappa shape index (κ2) is 13.3. The maximum absolute atomic E-state index is 13.3. The minimum Gasteiger partial charge on any atom is -0.477 e. The molecule has 45 heavy (non-hydrogen) atoms. The number of amides is 3. The molecule has 4 fully saturated rings. The molecule has 0 aromatic carbocycles. The molecule has 0 spiro atoms. The van der Waals surface area contributed by atoms with Crippen molar-refractivity contribution in [2.45, 2.75) is 69.3 Å². The first-order valence-corrected chi connectivity index (χ1v) is 16.6. The van der Waals surface area contributed by atoms with Crippen LogP contribution in [0.15, 0.2) is 16.9 Å². The summed E-state index contributed by atoms with van der Waals surface area (Å²) < 4.78 is 1.28. The molecule has 5 N–H and O–H groups in total. The molecule has 1 aromatic rings. The SMILES string of the molecule is C[C@@H](NC(=O)Cn1cnnn1)[C@H]1C(=O)N2C(C(=O)O)=C(S[C@@H]3CNC(C(O)N4CCC(C(=O)N5CCNCC5)CC4)C3)[C@H](C)[C@H]12. The zero-order chi connectivity index (χ0) is 31.8. The quantitative estimate of drug-likeness (QED) is 0.173. The zero-order valence-electron chi connectivity index (χ0n) is 25.5. The molecule has 0 bridgehead atoms. The number of carbonyl (C=O) groups excluding carboxylic acids is 3. The number of aliphatic hydroxyl groups is 1. The van der Waals surface area contributed by atoms with E-state index in [0.29, 0.717) is 31.0 Å². The van der Waals surface area contributed by atoms with Gasteiger partial charge in [-0.15, -0.1) is 16.9 Å². The van der Waals surface area contributed by atoms with Crippen LogP contribution in [0.25, 0.3) is 0 Å². The molecule has 6 heterocycles. The Balaban J connectivity index is 1.02. The molecule has 5 aliphatic rings. The lowest BCUT2D eigenvalue weighted by Gasteiger charge is -2.47. The summed E-state index contributed by atoms with van der Waals surface area (Å²) >= 11 is 1.47. The number of piperidine rings is 1. The summed E-state index contributed by atoms with van der Waals surface area (Å²) in [5.74, 6) is -2.36. The van der Waals surface area contributed by atoms with Crippen molar-refractivity contribution >= 4 is 35.5 Å². The number of tetrazole rings is 1. The molecule has 2 unspecified atom stereocenters. The first-order chi connectivity index (χ1) is 21.6. The van der Waals surface area contributed by atoms with Crippen LogP contribution in [-0.2, 0) is 25.7 Å². The predicted octanol–water partition coefficient (Wildman–Crippen LogP) is -2.12. The van der Waals surface area contributed by atoms with Gasteiger partial charge >= 0.3 is 5.97 Å². The average molecular weight is 647 g/mol. The standard InChI is InChI=1S/C28H42N10O6S/c1-15-22-21(16(2)32-20(39)13-37-14-31-33-34-37)27(42)38(22)23(28(43)44)24(15)45-18-11-19(30-12-18)26(41)35-7-3-17(4-8-35)25(40)36-9-5-29-6-10-36/h14-19,21-22,26,29-30,41H,3-13H2,1-2H3,(H,32,39)(H,43,44)/t15-,16-,18+,19?,21-,22-,26?/m1/s1. The molecule has 6 rings (SSSR count). The lowest BCUT2D eigenvalue weighted by atomic mass is 9.78. The Labute approximate surface area is 265 Å². The zero-order valence-corrected chi connectivity index (χ0v) is 26.4. The molecule has 3 amide bonds. The summed E-state index contributed by atoms with van der Waals surface area (Å²) in [5, 5.41) is 41.7. The molecule has 246 valence electrons. The number of hydrogen-bond donors (Lipinski definition) is 5. The minimum atomic E-state index is -1.14. The lowest BCUT2D eigenvalue weighted by molar-refractivity contribution is -0.158. The van der Waals surface area contributed by atoms with Gasteiger partial charge in [0, 0.05) is 79.9 Å². The van der Waals surface area contributed by atoms with Crippen LogP contribution in [0.1, 0.15) is 33.1 Å². The topological polar surface area (TPSA) is 198 Å². The van der Waals surface area contributed by atoms with Crippen molar-refractivity contribution in [1.82, 2.24) is 50.9 Å². The first kappa shape index (κ1) is 31.8. The van der Waals surface area contributed by atoms with Crippen molar-refractivity contribution in [1.29, 1.82) is 0 Å². The minimum absolute atomic E-state index is 0.00411. The lowest BCUT2D eigenvalue weighted by Crippen LogP contribution is -2.66. The molecular formula is C28H42N10O6S. The van der Waals surface area contributed by atoms with Gasteiger partial charge in [-0.25, -0.2) is 9.48 Å². The fraction of sp³-hybridized carbons (Fsp3) is 0.750. The van der Waals surface area contributed by atoms with Gasteiger partial charge in [0.15, 0.2) is 0 Å². The van der Waals surface area contributed by atoms with E-state index in [1.807, 2.05) is 16.7 Å². The fourth-order valence-electron chi connectivity index (χ4n) is 7.52. The molecule has 7 atom stereocenters. The summed E-state index contributed by atoms with van der Waals surface area (Å²) in [5.41, 5.74) is 0.0196. The third kappa shape index (κ3) is 6.32. The molecule has 0 saturated carbocycles. The van der Waals surface area contributed by atoms with E-state index < -0.39 is 24.2 Å². The van der Waals surface area contributed by atoms with Crippen molar-refractivity contribution in [3.8, 4) is 0 Å². The summed E-state index contributed by atoms with van der Waals surface area (Å²) in [6.07, 6.45) is 2.70. The number of rotatable bonds is 10. The van der Waals surface area contributed by atoms with Gasteiger partial charge in [-0.1, -0.05) is 6.92 Å². The van der Waals surface area contributed by atoms with E-state index in [1.54, 1.807) is 6.92 Å². The van der Waals surface area contributed by atoms with Crippen molar-refractivity contribution in [2.24, 2.45) is 17.8 Å². The molecule has 0 radical (unpaired) electrons. The number of hydrogen-bond acceptors (Lipinski definition) is 12. The van der Waals surface area contributed by atoms with Crippen LogP contribution in [0.3, 0.4) is 0 Å². The van der Waals surface area contributed by atoms with Crippen LogP contribution < -0.4 is 16.0 Å². The van der Waals surface area contributed by atoms with Crippen molar-refractivity contribution in [2.75, 3.05) is 45.8 Å². The van der Waals surface area contributed by atoms with E-state index >= 15 is 0 Å². The van der Waals surface area contributed by atoms with Crippen LogP contribution in [0, 0.1) is 17.8 Å². The number of likely N-dealkylation sites (tertiary alicyclic amines) is 1. The normalized spacial score (nSPS) is 30.6. The molecule has 5 aliphatic heterocycles. The highest BCUT2D eigenvalue weighted by atomic mass is 32.2. The molecule has 17 heteroatoms. The van der Waals surface area contributed by atoms with Gasteiger partial charge in [0.25, 0.3) is 0 Å². The number of nitrogens with zero attached hydrogens (tertiary/aromatic N) is 7. The highest BCUT2D eigenvalue weighted by Crippen LogP contribution is 2.52. The maximum Gasteiger partial charge on any atom is 0.353 e. The second-order valence-electron chi connectivity index (χ2n) is 12.7. The number of fused-ring (bicyclic) bond motifs is 1. The summed E-state index contributed by atoms with van der Waals surface area (Å²) in [7, 11) is 0. The molecule has 1 aromatic heterocycles. The number of aliphatic hydroxyl groups excluding tert-OH is 1. The Morgan fingerprint density at radius 3 is 2.58 bits per heavy atom. The van der Waals surface area contributed by atoms with E-state index in [4.69, 9.17) is 0 Å². The molecule has 4 saturated heterocycles. The van der Waals surface area contributed by atoms with Crippen LogP contribution in [0.5, 0.6) is 0 Å². The summed E-state index contributed by atoms with van der Waals surface area (Å²) in [6, 6.07) is -1.06. The van der Waals surface area contributed by atoms with Gasteiger partial charge in [0.2, 0.25) is 17.7 Å². The Morgan fingerprint density at radius 1 is 1.18 bits per heavy atom. The second-order valence-corrected chi connectivity index (χ2v) is 14.0. The molecule has 0 aliphatic carbocycles. The number of carbonyl (C=O) groups is 4. The fourth-order valence-corrected chi connectivity index (χ4v) is 9.02.